The number of fused-ring (bicyclic) bond motifs is 1. The van der Waals surface area contributed by atoms with Crippen LogP contribution in [0.5, 0.6) is 0 Å². The van der Waals surface area contributed by atoms with E-state index in [1.165, 1.54) is 0 Å². The molecule has 1 heterocycles. The van der Waals surface area contributed by atoms with Crippen molar-refractivity contribution >= 4 is 16.6 Å². The molecule has 3 aromatic rings. The molecular formula is C14H10N4. The molecule has 2 aromatic carbocycles. The molecule has 86 valence electrons. The van der Waals surface area contributed by atoms with Crippen molar-refractivity contribution in [1.29, 1.82) is 5.26 Å². The number of nitriles is 1. The van der Waals surface area contributed by atoms with Gasteiger partial charge in [0.1, 0.15) is 6.07 Å². The fourth-order valence-electron chi connectivity index (χ4n) is 1.96. The van der Waals surface area contributed by atoms with E-state index in [0.717, 1.165) is 16.6 Å². The van der Waals surface area contributed by atoms with Crippen LogP contribution < -0.4 is 5.73 Å². The van der Waals surface area contributed by atoms with Crippen molar-refractivity contribution in [1.82, 2.24) is 9.78 Å². The highest BCUT2D eigenvalue weighted by Gasteiger charge is 2.06. The van der Waals surface area contributed by atoms with E-state index >= 15 is 0 Å². The first-order valence-corrected chi connectivity index (χ1v) is 5.52. The van der Waals surface area contributed by atoms with Gasteiger partial charge in [-0.25, -0.2) is 4.68 Å². The minimum absolute atomic E-state index is 0.467. The normalized spacial score (nSPS) is 10.4. The SMILES string of the molecule is N#Cc1ccc(-n2ncc3ccccc32)cc1N. The van der Waals surface area contributed by atoms with E-state index in [4.69, 9.17) is 11.0 Å². The molecule has 18 heavy (non-hydrogen) atoms. The van der Waals surface area contributed by atoms with Crippen LogP contribution in [-0.4, -0.2) is 9.78 Å². The lowest BCUT2D eigenvalue weighted by Gasteiger charge is -2.05. The highest BCUT2D eigenvalue weighted by molar-refractivity contribution is 5.80. The maximum atomic E-state index is 8.86. The lowest BCUT2D eigenvalue weighted by atomic mass is 10.2. The van der Waals surface area contributed by atoms with Crippen LogP contribution in [-0.2, 0) is 0 Å². The molecule has 0 atom stereocenters. The molecule has 0 aliphatic rings. The van der Waals surface area contributed by atoms with Gasteiger partial charge < -0.3 is 5.73 Å². The molecule has 0 unspecified atom stereocenters. The number of hydrogen-bond donors (Lipinski definition) is 1. The molecule has 0 spiro atoms. The molecule has 0 aliphatic heterocycles. The highest BCUT2D eigenvalue weighted by atomic mass is 15.3. The summed E-state index contributed by atoms with van der Waals surface area (Å²) in [5, 5.41) is 14.3. The van der Waals surface area contributed by atoms with Gasteiger partial charge in [-0.2, -0.15) is 10.4 Å². The molecule has 1 aromatic heterocycles. The maximum absolute atomic E-state index is 8.86. The van der Waals surface area contributed by atoms with Crippen LogP contribution in [0, 0.1) is 11.3 Å². The number of aromatic nitrogens is 2. The molecule has 3 rings (SSSR count). The fourth-order valence-corrected chi connectivity index (χ4v) is 1.96. The first-order chi connectivity index (χ1) is 8.79. The van der Waals surface area contributed by atoms with Crippen LogP contribution in [0.2, 0.25) is 0 Å². The van der Waals surface area contributed by atoms with Gasteiger partial charge in [0.05, 0.1) is 28.7 Å². The Balaban J connectivity index is 2.21. The highest BCUT2D eigenvalue weighted by Crippen LogP contribution is 2.21. The lowest BCUT2D eigenvalue weighted by molar-refractivity contribution is 0.911. The maximum Gasteiger partial charge on any atom is 0.101 e. The summed E-state index contributed by atoms with van der Waals surface area (Å²) in [6, 6.07) is 15.3. The van der Waals surface area contributed by atoms with Crippen LogP contribution in [0.4, 0.5) is 5.69 Å². The van der Waals surface area contributed by atoms with E-state index in [1.807, 2.05) is 41.2 Å². The molecule has 0 aliphatic carbocycles. The van der Waals surface area contributed by atoms with Gasteiger partial charge >= 0.3 is 0 Å². The second-order valence-electron chi connectivity index (χ2n) is 4.00. The van der Waals surface area contributed by atoms with Gasteiger partial charge in [0.15, 0.2) is 0 Å². The number of para-hydroxylation sites is 1. The molecule has 2 N–H and O–H groups in total. The zero-order valence-electron chi connectivity index (χ0n) is 9.54. The molecule has 0 radical (unpaired) electrons. The quantitative estimate of drug-likeness (QED) is 0.658. The number of nitrogens with two attached hydrogens (primary N) is 1. The first kappa shape index (κ1) is 10.4. The summed E-state index contributed by atoms with van der Waals surface area (Å²) in [6.07, 6.45) is 1.81. The summed E-state index contributed by atoms with van der Waals surface area (Å²) in [5.41, 5.74) is 8.64. The van der Waals surface area contributed by atoms with Gasteiger partial charge in [-0.3, -0.25) is 0 Å². The Kier molecular flexibility index (Phi) is 2.24. The van der Waals surface area contributed by atoms with Gasteiger partial charge in [0, 0.05) is 5.39 Å². The largest absolute Gasteiger partial charge is 0.398 e. The Labute approximate surface area is 104 Å². The number of nitrogen functional groups attached to an aromatic ring is 1. The van der Waals surface area contributed by atoms with Crippen molar-refractivity contribution in [3.8, 4) is 11.8 Å². The van der Waals surface area contributed by atoms with Crippen LogP contribution in [0.25, 0.3) is 16.6 Å². The zero-order chi connectivity index (χ0) is 12.5. The van der Waals surface area contributed by atoms with E-state index in [2.05, 4.69) is 11.2 Å². The minimum atomic E-state index is 0.467. The van der Waals surface area contributed by atoms with Gasteiger partial charge in [0.2, 0.25) is 0 Å². The Morgan fingerprint density at radius 2 is 2.00 bits per heavy atom. The third kappa shape index (κ3) is 1.50. The summed E-state index contributed by atoms with van der Waals surface area (Å²) in [7, 11) is 0. The number of anilines is 1. The van der Waals surface area contributed by atoms with Crippen molar-refractivity contribution in [2.75, 3.05) is 5.73 Å². The molecule has 4 heteroatoms. The summed E-state index contributed by atoms with van der Waals surface area (Å²) >= 11 is 0. The smallest absolute Gasteiger partial charge is 0.101 e. The third-order valence-corrected chi connectivity index (χ3v) is 2.88. The molecule has 0 saturated heterocycles. The average molecular weight is 234 g/mol. The summed E-state index contributed by atoms with van der Waals surface area (Å²) in [6.45, 7) is 0. The van der Waals surface area contributed by atoms with Gasteiger partial charge in [-0.1, -0.05) is 18.2 Å². The van der Waals surface area contributed by atoms with Crippen molar-refractivity contribution in [3.05, 3.63) is 54.2 Å². The van der Waals surface area contributed by atoms with Crippen LogP contribution in [0.3, 0.4) is 0 Å². The van der Waals surface area contributed by atoms with Crippen molar-refractivity contribution in [2.24, 2.45) is 0 Å². The molecular weight excluding hydrogens is 224 g/mol. The van der Waals surface area contributed by atoms with Crippen molar-refractivity contribution in [3.63, 3.8) is 0 Å². The summed E-state index contributed by atoms with van der Waals surface area (Å²) in [5.74, 6) is 0. The first-order valence-electron chi connectivity index (χ1n) is 5.52. The van der Waals surface area contributed by atoms with Crippen LogP contribution >= 0.6 is 0 Å². The topological polar surface area (TPSA) is 67.6 Å². The fraction of sp³-hybridized carbons (Fsp3) is 0. The van der Waals surface area contributed by atoms with Gasteiger partial charge in [0.25, 0.3) is 0 Å². The second kappa shape index (κ2) is 3.90. The molecule has 0 bridgehead atoms. The molecule has 0 amide bonds. The van der Waals surface area contributed by atoms with Gasteiger partial charge in [-0.05, 0) is 24.3 Å². The van der Waals surface area contributed by atoms with E-state index in [-0.39, 0.29) is 0 Å². The van der Waals surface area contributed by atoms with Crippen LogP contribution in [0.1, 0.15) is 5.56 Å². The van der Waals surface area contributed by atoms with E-state index < -0.39 is 0 Å². The van der Waals surface area contributed by atoms with E-state index in [9.17, 15) is 0 Å². The van der Waals surface area contributed by atoms with E-state index in [0.29, 0.717) is 11.3 Å². The lowest BCUT2D eigenvalue weighted by Crippen LogP contribution is -1.98. The third-order valence-electron chi connectivity index (χ3n) is 2.88. The molecule has 4 nitrogen and oxygen atoms in total. The number of benzene rings is 2. The molecule has 0 fully saturated rings. The minimum Gasteiger partial charge on any atom is -0.398 e. The number of rotatable bonds is 1. The predicted molar refractivity (Wildman–Crippen MR) is 70.2 cm³/mol. The number of nitrogens with zero attached hydrogens (tertiary/aromatic N) is 3. The summed E-state index contributed by atoms with van der Waals surface area (Å²) in [4.78, 5) is 0. The Bertz CT molecular complexity index is 765. The van der Waals surface area contributed by atoms with E-state index in [1.54, 1.807) is 12.1 Å². The van der Waals surface area contributed by atoms with Crippen molar-refractivity contribution < 1.29 is 0 Å². The average Bonchev–Trinajstić information content (AvgIpc) is 2.82. The summed E-state index contributed by atoms with van der Waals surface area (Å²) < 4.78 is 1.81. The standard InChI is InChI=1S/C14H10N4/c15-8-10-5-6-12(7-13(10)16)18-14-4-2-1-3-11(14)9-17-18/h1-7,9H,16H2. The molecule has 0 saturated carbocycles. The Morgan fingerprint density at radius 1 is 1.17 bits per heavy atom. The second-order valence-corrected chi connectivity index (χ2v) is 4.00. The van der Waals surface area contributed by atoms with Gasteiger partial charge in [-0.15, -0.1) is 0 Å². The monoisotopic (exact) mass is 234 g/mol. The van der Waals surface area contributed by atoms with Crippen molar-refractivity contribution in [2.45, 2.75) is 0 Å². The van der Waals surface area contributed by atoms with Crippen LogP contribution in [0.15, 0.2) is 48.7 Å². The zero-order valence-corrected chi connectivity index (χ0v) is 9.54. The predicted octanol–water partition coefficient (Wildman–Crippen LogP) is 2.48. The Morgan fingerprint density at radius 3 is 2.78 bits per heavy atom. The number of hydrogen-bond acceptors (Lipinski definition) is 3. The Hall–Kier alpha value is -2.80.